The van der Waals surface area contributed by atoms with Crippen molar-refractivity contribution in [2.24, 2.45) is 11.8 Å². The van der Waals surface area contributed by atoms with Crippen molar-refractivity contribution in [2.75, 3.05) is 11.9 Å². The van der Waals surface area contributed by atoms with Crippen molar-refractivity contribution < 1.29 is 9.59 Å². The van der Waals surface area contributed by atoms with E-state index < -0.39 is 0 Å². The van der Waals surface area contributed by atoms with Gasteiger partial charge in [-0.25, -0.2) is 0 Å². The minimum Gasteiger partial charge on any atom is -0.378 e. The summed E-state index contributed by atoms with van der Waals surface area (Å²) >= 11 is 6.18. The van der Waals surface area contributed by atoms with Gasteiger partial charge < -0.3 is 15.5 Å². The number of fused-ring (bicyclic) bond motifs is 3. The number of nitrogens with zero attached hydrogens (tertiary/aromatic N) is 1. The summed E-state index contributed by atoms with van der Waals surface area (Å²) in [6.45, 7) is 0.726. The number of likely N-dealkylation sites (tertiary alicyclic amines) is 1. The van der Waals surface area contributed by atoms with Gasteiger partial charge >= 0.3 is 0 Å². The summed E-state index contributed by atoms with van der Waals surface area (Å²) < 4.78 is 0. The summed E-state index contributed by atoms with van der Waals surface area (Å²) in [5.74, 6) is 0.147. The fraction of sp³-hybridized carbons (Fsp3) is 0.355. The fourth-order valence-corrected chi connectivity index (χ4v) is 6.75. The number of hydrogen-bond donors (Lipinski definition) is 2. The van der Waals surface area contributed by atoms with E-state index >= 15 is 0 Å². The normalized spacial score (nSPS) is 26.5. The molecule has 3 aromatic carbocycles. The Labute approximate surface area is 223 Å². The number of anilines is 1. The summed E-state index contributed by atoms with van der Waals surface area (Å²) in [7, 11) is 0. The Balaban J connectivity index is 1.28. The molecule has 5 nitrogen and oxygen atoms in total. The van der Waals surface area contributed by atoms with E-state index in [-0.39, 0.29) is 41.8 Å². The minimum atomic E-state index is -0.198. The van der Waals surface area contributed by atoms with Gasteiger partial charge in [0, 0.05) is 34.8 Å². The molecule has 0 bridgehead atoms. The molecule has 1 aliphatic carbocycles. The predicted molar refractivity (Wildman–Crippen MR) is 146 cm³/mol. The van der Waals surface area contributed by atoms with Crippen LogP contribution in [0, 0.1) is 11.8 Å². The average Bonchev–Trinajstić information content (AvgIpc) is 3.39. The van der Waals surface area contributed by atoms with Crippen LogP contribution < -0.4 is 10.6 Å². The highest BCUT2D eigenvalue weighted by Gasteiger charge is 2.48. The average molecular weight is 514 g/mol. The van der Waals surface area contributed by atoms with Gasteiger partial charge in [0.25, 0.3) is 5.91 Å². The topological polar surface area (TPSA) is 61.4 Å². The monoisotopic (exact) mass is 513 g/mol. The minimum absolute atomic E-state index is 0.0121. The van der Waals surface area contributed by atoms with Gasteiger partial charge in [-0.05, 0) is 60.7 Å². The number of nitrogens with one attached hydrogen (secondary N) is 2. The molecule has 6 heteroatoms. The Morgan fingerprint density at radius 2 is 1.59 bits per heavy atom. The van der Waals surface area contributed by atoms with E-state index in [0.29, 0.717) is 5.56 Å². The smallest absolute Gasteiger partial charge is 0.251 e. The van der Waals surface area contributed by atoms with E-state index in [0.717, 1.165) is 49.4 Å². The van der Waals surface area contributed by atoms with Crippen LogP contribution in [0.4, 0.5) is 5.69 Å². The van der Waals surface area contributed by atoms with Crippen molar-refractivity contribution in [3.05, 3.63) is 101 Å². The number of amides is 2. The number of hydrogen-bond acceptors (Lipinski definition) is 3. The van der Waals surface area contributed by atoms with Crippen LogP contribution in [0.2, 0.25) is 5.02 Å². The van der Waals surface area contributed by atoms with Gasteiger partial charge in [0.2, 0.25) is 5.91 Å². The molecule has 0 unspecified atom stereocenters. The Kier molecular flexibility index (Phi) is 6.64. The lowest BCUT2D eigenvalue weighted by Gasteiger charge is -2.42. The maximum atomic E-state index is 14.2. The van der Waals surface area contributed by atoms with Crippen molar-refractivity contribution >= 4 is 29.1 Å². The molecule has 6 rings (SSSR count). The van der Waals surface area contributed by atoms with E-state index in [1.165, 1.54) is 11.1 Å². The summed E-state index contributed by atoms with van der Waals surface area (Å²) in [5, 5.41) is 7.69. The number of para-hydroxylation sites is 1. The van der Waals surface area contributed by atoms with Gasteiger partial charge in [0.15, 0.2) is 0 Å². The Bertz CT molecular complexity index is 1280. The Morgan fingerprint density at radius 3 is 2.41 bits per heavy atom. The van der Waals surface area contributed by atoms with Crippen LogP contribution in [0.25, 0.3) is 0 Å². The first kappa shape index (κ1) is 24.1. The second-order valence-corrected chi connectivity index (χ2v) is 11.0. The van der Waals surface area contributed by atoms with Gasteiger partial charge in [0.05, 0.1) is 18.0 Å². The third kappa shape index (κ3) is 4.61. The maximum Gasteiger partial charge on any atom is 0.251 e. The second-order valence-electron chi connectivity index (χ2n) is 10.5. The van der Waals surface area contributed by atoms with E-state index in [4.69, 9.17) is 11.6 Å². The first-order valence-corrected chi connectivity index (χ1v) is 13.8. The molecule has 2 heterocycles. The molecule has 1 saturated carbocycles. The van der Waals surface area contributed by atoms with E-state index in [1.807, 2.05) is 48.5 Å². The first-order chi connectivity index (χ1) is 18.1. The molecule has 5 atom stereocenters. The van der Waals surface area contributed by atoms with Crippen molar-refractivity contribution in [1.82, 2.24) is 10.2 Å². The standard InChI is InChI=1S/C31H32ClN3O2/c32-22-16-14-20(15-17-22)28-25-18-19-35(29(25)23-10-4-6-12-26(23)33-28)31(37)24-11-5-7-13-27(24)34-30(36)21-8-2-1-3-9-21/h1-4,6,8-10,12,14-17,24-25,27-29,33H,5,7,11,13,18-19H2,(H,34,36)/t24-,25+,27+,28-,29-/m0/s1. The van der Waals surface area contributed by atoms with Crippen LogP contribution in [-0.2, 0) is 4.79 Å². The molecule has 0 radical (unpaired) electrons. The van der Waals surface area contributed by atoms with Crippen LogP contribution in [0.3, 0.4) is 0 Å². The predicted octanol–water partition coefficient (Wildman–Crippen LogP) is 6.39. The molecular formula is C31H32ClN3O2. The molecule has 0 aromatic heterocycles. The lowest BCUT2D eigenvalue weighted by molar-refractivity contribution is -0.138. The van der Waals surface area contributed by atoms with Crippen molar-refractivity contribution in [2.45, 2.75) is 50.2 Å². The first-order valence-electron chi connectivity index (χ1n) is 13.4. The lowest BCUT2D eigenvalue weighted by Crippen LogP contribution is -2.50. The third-order valence-electron chi connectivity index (χ3n) is 8.41. The third-order valence-corrected chi connectivity index (χ3v) is 8.66. The van der Waals surface area contributed by atoms with Crippen LogP contribution in [0.15, 0.2) is 78.9 Å². The zero-order valence-corrected chi connectivity index (χ0v) is 21.5. The molecule has 2 amide bonds. The van der Waals surface area contributed by atoms with Crippen LogP contribution in [0.5, 0.6) is 0 Å². The molecule has 3 aliphatic rings. The zero-order chi connectivity index (χ0) is 25.4. The summed E-state index contributed by atoms with van der Waals surface area (Å²) in [6, 6.07) is 25.7. The SMILES string of the molecule is O=C(N[C@@H]1CCCC[C@@H]1C(=O)N1CC[C@@H]2[C@H](c3ccc(Cl)cc3)Nc3ccccc3[C@@H]21)c1ccccc1. The number of halogens is 1. The molecular weight excluding hydrogens is 482 g/mol. The van der Waals surface area contributed by atoms with Crippen LogP contribution in [0.1, 0.15) is 65.7 Å². The summed E-state index contributed by atoms with van der Waals surface area (Å²) in [4.78, 5) is 29.3. The maximum absolute atomic E-state index is 14.2. The van der Waals surface area contributed by atoms with Crippen molar-refractivity contribution in [1.29, 1.82) is 0 Å². The van der Waals surface area contributed by atoms with Gasteiger partial charge in [-0.15, -0.1) is 0 Å². The molecule has 2 N–H and O–H groups in total. The van der Waals surface area contributed by atoms with Gasteiger partial charge in [0.1, 0.15) is 0 Å². The second kappa shape index (κ2) is 10.2. The number of carbonyl (C=O) groups is 2. The molecule has 2 fully saturated rings. The molecule has 0 spiro atoms. The summed E-state index contributed by atoms with van der Waals surface area (Å²) in [6.07, 6.45) is 4.62. The van der Waals surface area contributed by atoms with E-state index in [1.54, 1.807) is 0 Å². The molecule has 3 aromatic rings. The Morgan fingerprint density at radius 1 is 0.865 bits per heavy atom. The van der Waals surface area contributed by atoms with Crippen molar-refractivity contribution in [3.63, 3.8) is 0 Å². The molecule has 190 valence electrons. The van der Waals surface area contributed by atoms with Gasteiger partial charge in [-0.1, -0.05) is 73.0 Å². The van der Waals surface area contributed by atoms with Gasteiger partial charge in [-0.3, -0.25) is 9.59 Å². The quantitative estimate of drug-likeness (QED) is 0.425. The zero-order valence-electron chi connectivity index (χ0n) is 20.8. The van der Waals surface area contributed by atoms with Crippen LogP contribution in [-0.4, -0.2) is 29.3 Å². The highest BCUT2D eigenvalue weighted by atomic mass is 35.5. The highest BCUT2D eigenvalue weighted by Crippen LogP contribution is 2.52. The van der Waals surface area contributed by atoms with E-state index in [9.17, 15) is 9.59 Å². The van der Waals surface area contributed by atoms with Crippen LogP contribution >= 0.6 is 11.6 Å². The number of carbonyl (C=O) groups excluding carboxylic acids is 2. The number of benzene rings is 3. The summed E-state index contributed by atoms with van der Waals surface area (Å²) in [5.41, 5.74) is 4.10. The van der Waals surface area contributed by atoms with Gasteiger partial charge in [-0.2, -0.15) is 0 Å². The molecule has 1 saturated heterocycles. The molecule has 2 aliphatic heterocycles. The largest absolute Gasteiger partial charge is 0.378 e. The van der Waals surface area contributed by atoms with Crippen molar-refractivity contribution in [3.8, 4) is 0 Å². The lowest BCUT2D eigenvalue weighted by atomic mass is 9.79. The van der Waals surface area contributed by atoms with E-state index in [2.05, 4.69) is 45.9 Å². The number of rotatable bonds is 4. The Hall–Kier alpha value is -3.31. The highest BCUT2D eigenvalue weighted by molar-refractivity contribution is 6.30. The molecule has 37 heavy (non-hydrogen) atoms. The fourth-order valence-electron chi connectivity index (χ4n) is 6.63.